The second kappa shape index (κ2) is 7.02. The largest absolute Gasteiger partial charge is 0.271 e. The number of nitrogens with one attached hydrogen (secondary N) is 1. The fourth-order valence-corrected chi connectivity index (χ4v) is 5.56. The van der Waals surface area contributed by atoms with Crippen LogP contribution in [0.5, 0.6) is 0 Å². The van der Waals surface area contributed by atoms with Gasteiger partial charge in [0.05, 0.1) is 0 Å². The van der Waals surface area contributed by atoms with Crippen molar-refractivity contribution in [2.24, 2.45) is 5.84 Å². The van der Waals surface area contributed by atoms with Crippen LogP contribution in [0.1, 0.15) is 23.6 Å². The van der Waals surface area contributed by atoms with E-state index in [1.807, 2.05) is 0 Å². The number of hydrogen-bond donors (Lipinski definition) is 2. The average Bonchev–Trinajstić information content (AvgIpc) is 2.41. The molecule has 4 heteroatoms. The van der Waals surface area contributed by atoms with E-state index in [0.717, 1.165) is 6.42 Å². The van der Waals surface area contributed by atoms with E-state index < -0.39 is 0 Å². The van der Waals surface area contributed by atoms with Crippen molar-refractivity contribution in [1.29, 1.82) is 0 Å². The van der Waals surface area contributed by atoms with Gasteiger partial charge in [-0.2, -0.15) is 23.5 Å². The molecule has 1 saturated heterocycles. The fourth-order valence-electron chi connectivity index (χ4n) is 2.62. The monoisotopic (exact) mass is 296 g/mol. The van der Waals surface area contributed by atoms with Crippen molar-refractivity contribution in [3.63, 3.8) is 0 Å². The molecule has 3 atom stereocenters. The number of thioether (sulfide) groups is 2. The number of rotatable bonds is 4. The normalized spacial score (nSPS) is 25.3. The number of nitrogens with two attached hydrogens (primary N) is 1. The van der Waals surface area contributed by atoms with Crippen molar-refractivity contribution in [2.75, 3.05) is 11.5 Å². The van der Waals surface area contributed by atoms with Crippen molar-refractivity contribution >= 4 is 23.5 Å². The maximum atomic E-state index is 5.83. The molecule has 0 aromatic heterocycles. The van der Waals surface area contributed by atoms with Gasteiger partial charge in [0, 0.05) is 28.0 Å². The van der Waals surface area contributed by atoms with E-state index in [1.165, 1.54) is 28.2 Å². The Morgan fingerprint density at radius 3 is 2.74 bits per heavy atom. The summed E-state index contributed by atoms with van der Waals surface area (Å²) < 4.78 is 0. The SMILES string of the molecule is Cc1ccc(C)c(CC(NN)C2SCCSC2C)c1. The highest BCUT2D eigenvalue weighted by Gasteiger charge is 2.30. The zero-order chi connectivity index (χ0) is 13.8. The third-order valence-corrected chi connectivity index (χ3v) is 7.04. The zero-order valence-electron chi connectivity index (χ0n) is 12.0. The van der Waals surface area contributed by atoms with E-state index in [-0.39, 0.29) is 0 Å². The molecule has 0 radical (unpaired) electrons. The molecule has 0 amide bonds. The van der Waals surface area contributed by atoms with Gasteiger partial charge in [0.2, 0.25) is 0 Å². The molecule has 0 bridgehead atoms. The van der Waals surface area contributed by atoms with Gasteiger partial charge < -0.3 is 0 Å². The Hall–Kier alpha value is -0.160. The highest BCUT2D eigenvalue weighted by atomic mass is 32.2. The van der Waals surface area contributed by atoms with Gasteiger partial charge in [0.1, 0.15) is 0 Å². The van der Waals surface area contributed by atoms with Crippen molar-refractivity contribution in [2.45, 2.75) is 43.7 Å². The van der Waals surface area contributed by atoms with Gasteiger partial charge in [-0.15, -0.1) is 0 Å². The van der Waals surface area contributed by atoms with Crippen LogP contribution in [0.15, 0.2) is 18.2 Å². The Morgan fingerprint density at radius 2 is 2.05 bits per heavy atom. The minimum absolute atomic E-state index is 0.355. The summed E-state index contributed by atoms with van der Waals surface area (Å²) in [6.45, 7) is 6.67. The summed E-state index contributed by atoms with van der Waals surface area (Å²) in [7, 11) is 0. The molecule has 0 saturated carbocycles. The van der Waals surface area contributed by atoms with Crippen LogP contribution in [0.25, 0.3) is 0 Å². The molecule has 106 valence electrons. The van der Waals surface area contributed by atoms with E-state index in [9.17, 15) is 0 Å². The predicted octanol–water partition coefficient (Wildman–Crippen LogP) is 2.91. The number of hydrogen-bond acceptors (Lipinski definition) is 4. The van der Waals surface area contributed by atoms with Crippen LogP contribution in [0.2, 0.25) is 0 Å². The minimum Gasteiger partial charge on any atom is -0.271 e. The lowest BCUT2D eigenvalue weighted by Crippen LogP contribution is -2.48. The summed E-state index contributed by atoms with van der Waals surface area (Å²) in [5.74, 6) is 8.34. The first-order chi connectivity index (χ1) is 9.11. The minimum atomic E-state index is 0.355. The molecule has 3 unspecified atom stereocenters. The molecule has 1 aliphatic heterocycles. The van der Waals surface area contributed by atoms with Crippen LogP contribution in [0.3, 0.4) is 0 Å². The Labute approximate surface area is 125 Å². The molecule has 1 fully saturated rings. The Morgan fingerprint density at radius 1 is 1.32 bits per heavy atom. The van der Waals surface area contributed by atoms with Crippen molar-refractivity contribution < 1.29 is 0 Å². The van der Waals surface area contributed by atoms with Crippen molar-refractivity contribution in [1.82, 2.24) is 5.43 Å². The third-order valence-electron chi connectivity index (χ3n) is 3.79. The molecule has 19 heavy (non-hydrogen) atoms. The highest BCUT2D eigenvalue weighted by Crippen LogP contribution is 2.34. The number of hydrazine groups is 1. The lowest BCUT2D eigenvalue weighted by atomic mass is 9.97. The molecule has 1 aromatic carbocycles. The first-order valence-electron chi connectivity index (χ1n) is 6.87. The first kappa shape index (κ1) is 15.2. The maximum absolute atomic E-state index is 5.83. The van der Waals surface area contributed by atoms with Crippen LogP contribution >= 0.6 is 23.5 Å². The summed E-state index contributed by atoms with van der Waals surface area (Å²) >= 11 is 4.14. The summed E-state index contributed by atoms with van der Waals surface area (Å²) in [5.41, 5.74) is 7.18. The van der Waals surface area contributed by atoms with Crippen LogP contribution in [-0.2, 0) is 6.42 Å². The molecule has 0 aliphatic carbocycles. The predicted molar refractivity (Wildman–Crippen MR) is 88.9 cm³/mol. The van der Waals surface area contributed by atoms with Crippen molar-refractivity contribution in [3.05, 3.63) is 34.9 Å². The van der Waals surface area contributed by atoms with Gasteiger partial charge in [-0.1, -0.05) is 30.7 Å². The Bertz CT molecular complexity index is 423. The molecule has 0 spiro atoms. The average molecular weight is 297 g/mol. The Balaban J connectivity index is 2.11. The second-order valence-corrected chi connectivity index (χ2v) is 8.09. The van der Waals surface area contributed by atoms with Gasteiger partial charge in [-0.3, -0.25) is 11.3 Å². The molecule has 2 nitrogen and oxygen atoms in total. The molecule has 1 aliphatic rings. The van der Waals surface area contributed by atoms with Gasteiger partial charge in [-0.25, -0.2) is 0 Å². The summed E-state index contributed by atoms with van der Waals surface area (Å²) in [6, 6.07) is 7.04. The lowest BCUT2D eigenvalue weighted by Gasteiger charge is -2.34. The van der Waals surface area contributed by atoms with E-state index in [1.54, 1.807) is 0 Å². The van der Waals surface area contributed by atoms with Crippen LogP contribution in [-0.4, -0.2) is 28.0 Å². The van der Waals surface area contributed by atoms with Gasteiger partial charge in [0.15, 0.2) is 0 Å². The molecule has 1 heterocycles. The molecule has 1 aromatic rings. The van der Waals surface area contributed by atoms with Gasteiger partial charge in [0.25, 0.3) is 0 Å². The quantitative estimate of drug-likeness (QED) is 0.662. The smallest absolute Gasteiger partial charge is 0.0380 e. The van der Waals surface area contributed by atoms with E-state index in [4.69, 9.17) is 5.84 Å². The first-order valence-corrected chi connectivity index (χ1v) is 8.97. The molecule has 2 rings (SSSR count). The fraction of sp³-hybridized carbons (Fsp3) is 0.600. The van der Waals surface area contributed by atoms with Crippen LogP contribution < -0.4 is 11.3 Å². The standard InChI is InChI=1S/C15H24N2S2/c1-10-4-5-11(2)13(8-10)9-14(17-16)15-12(3)18-6-7-19-15/h4-5,8,12,14-15,17H,6-7,9,16H2,1-3H3. The van der Waals surface area contributed by atoms with E-state index in [2.05, 4.69) is 67.9 Å². The van der Waals surface area contributed by atoms with Gasteiger partial charge >= 0.3 is 0 Å². The maximum Gasteiger partial charge on any atom is 0.0380 e. The molecular formula is C15H24N2S2. The summed E-state index contributed by atoms with van der Waals surface area (Å²) in [5, 5.41) is 1.27. The second-order valence-electron chi connectivity index (χ2n) is 5.32. The van der Waals surface area contributed by atoms with Crippen LogP contribution in [0, 0.1) is 13.8 Å². The molecular weight excluding hydrogens is 272 g/mol. The number of aryl methyl sites for hydroxylation is 2. The number of benzene rings is 1. The molecule has 3 N–H and O–H groups in total. The highest BCUT2D eigenvalue weighted by molar-refractivity contribution is 8.07. The Kier molecular flexibility index (Phi) is 5.63. The lowest BCUT2D eigenvalue weighted by molar-refractivity contribution is 0.500. The van der Waals surface area contributed by atoms with E-state index in [0.29, 0.717) is 16.5 Å². The third kappa shape index (κ3) is 3.91. The zero-order valence-corrected chi connectivity index (χ0v) is 13.6. The topological polar surface area (TPSA) is 38.0 Å². The summed E-state index contributed by atoms with van der Waals surface area (Å²) in [6.07, 6.45) is 1.02. The van der Waals surface area contributed by atoms with E-state index >= 15 is 0 Å². The van der Waals surface area contributed by atoms with Crippen molar-refractivity contribution in [3.8, 4) is 0 Å². The van der Waals surface area contributed by atoms with Crippen LogP contribution in [0.4, 0.5) is 0 Å². The summed E-state index contributed by atoms with van der Waals surface area (Å²) in [4.78, 5) is 0. The van der Waals surface area contributed by atoms with Gasteiger partial charge in [-0.05, 0) is 31.4 Å².